The van der Waals surface area contributed by atoms with Crippen LogP contribution in [0.2, 0.25) is 0 Å². The van der Waals surface area contributed by atoms with E-state index < -0.39 is 5.91 Å². The lowest BCUT2D eigenvalue weighted by molar-refractivity contribution is -0.113. The minimum Gasteiger partial charge on any atom is -0.366 e. The highest BCUT2D eigenvalue weighted by atomic mass is 16.1. The van der Waals surface area contributed by atoms with E-state index >= 15 is 0 Å². The van der Waals surface area contributed by atoms with Crippen molar-refractivity contribution in [3.05, 3.63) is 30.1 Å². The van der Waals surface area contributed by atoms with E-state index in [1.807, 2.05) is 29.9 Å². The molecule has 0 saturated carbocycles. The van der Waals surface area contributed by atoms with Gasteiger partial charge in [-0.3, -0.25) is 4.79 Å². The summed E-state index contributed by atoms with van der Waals surface area (Å²) in [6.45, 7) is 0. The van der Waals surface area contributed by atoms with Crippen LogP contribution in [-0.2, 0) is 11.8 Å². The number of nitrogens with two attached hydrogens (primary N) is 1. The molecular formula is C8H10N2O. The molecule has 1 aromatic heterocycles. The largest absolute Gasteiger partial charge is 0.366 e. The lowest BCUT2D eigenvalue weighted by Crippen LogP contribution is -2.05. The van der Waals surface area contributed by atoms with E-state index in [0.29, 0.717) is 0 Å². The molecule has 58 valence electrons. The van der Waals surface area contributed by atoms with Gasteiger partial charge < -0.3 is 10.3 Å². The normalized spacial score (nSPS) is 10.6. The number of nitrogens with zero attached hydrogens (tertiary/aromatic N) is 1. The molecule has 3 nitrogen and oxygen atoms in total. The first-order valence-electron chi connectivity index (χ1n) is 3.29. The highest BCUT2D eigenvalue weighted by Crippen LogP contribution is 2.00. The molecule has 0 spiro atoms. The Kier molecular flexibility index (Phi) is 2.11. The topological polar surface area (TPSA) is 48.0 Å². The SMILES string of the molecule is Cn1cccc1C=CC(N)=O. The molecule has 0 saturated heterocycles. The molecule has 1 aromatic rings. The van der Waals surface area contributed by atoms with Gasteiger partial charge in [0.1, 0.15) is 0 Å². The number of amides is 1. The van der Waals surface area contributed by atoms with Crippen molar-refractivity contribution in [2.45, 2.75) is 0 Å². The average molecular weight is 150 g/mol. The summed E-state index contributed by atoms with van der Waals surface area (Å²) in [6.07, 6.45) is 4.93. The van der Waals surface area contributed by atoms with Crippen molar-refractivity contribution in [1.29, 1.82) is 0 Å². The maximum atomic E-state index is 10.3. The lowest BCUT2D eigenvalue weighted by atomic mass is 10.4. The van der Waals surface area contributed by atoms with Gasteiger partial charge in [-0.2, -0.15) is 0 Å². The van der Waals surface area contributed by atoms with Crippen LogP contribution >= 0.6 is 0 Å². The molecule has 0 atom stereocenters. The zero-order valence-corrected chi connectivity index (χ0v) is 6.32. The fraction of sp³-hybridized carbons (Fsp3) is 0.125. The monoisotopic (exact) mass is 150 g/mol. The van der Waals surface area contributed by atoms with Gasteiger partial charge in [0.2, 0.25) is 5.91 Å². The third kappa shape index (κ3) is 1.97. The maximum absolute atomic E-state index is 10.3. The minimum absolute atomic E-state index is 0.425. The first-order chi connectivity index (χ1) is 5.20. The summed E-state index contributed by atoms with van der Waals surface area (Å²) in [5, 5.41) is 0. The van der Waals surface area contributed by atoms with E-state index in [4.69, 9.17) is 5.73 Å². The van der Waals surface area contributed by atoms with Gasteiger partial charge in [0, 0.05) is 25.0 Å². The number of aryl methyl sites for hydroxylation is 1. The van der Waals surface area contributed by atoms with Gasteiger partial charge in [-0.25, -0.2) is 0 Å². The fourth-order valence-electron chi connectivity index (χ4n) is 0.815. The zero-order chi connectivity index (χ0) is 8.27. The van der Waals surface area contributed by atoms with Crippen LogP contribution in [0.1, 0.15) is 5.69 Å². The lowest BCUT2D eigenvalue weighted by Gasteiger charge is -1.93. The summed E-state index contributed by atoms with van der Waals surface area (Å²) in [5.74, 6) is -0.425. The summed E-state index contributed by atoms with van der Waals surface area (Å²) in [7, 11) is 1.90. The van der Waals surface area contributed by atoms with Crippen molar-refractivity contribution in [2.24, 2.45) is 12.8 Å². The van der Waals surface area contributed by atoms with E-state index in [0.717, 1.165) is 5.69 Å². The number of hydrogen-bond acceptors (Lipinski definition) is 1. The molecule has 11 heavy (non-hydrogen) atoms. The fourth-order valence-corrected chi connectivity index (χ4v) is 0.815. The van der Waals surface area contributed by atoms with Crippen LogP contribution in [0.3, 0.4) is 0 Å². The first-order valence-corrected chi connectivity index (χ1v) is 3.29. The van der Waals surface area contributed by atoms with Crippen LogP contribution in [-0.4, -0.2) is 10.5 Å². The molecule has 0 radical (unpaired) electrons. The van der Waals surface area contributed by atoms with Gasteiger partial charge in [0.25, 0.3) is 0 Å². The van der Waals surface area contributed by atoms with E-state index in [1.54, 1.807) is 6.08 Å². The molecular weight excluding hydrogens is 140 g/mol. The summed E-state index contributed by atoms with van der Waals surface area (Å²) in [5.41, 5.74) is 5.89. The molecule has 0 aliphatic carbocycles. The Balaban J connectivity index is 2.79. The summed E-state index contributed by atoms with van der Waals surface area (Å²) in [4.78, 5) is 10.3. The molecule has 0 fully saturated rings. The van der Waals surface area contributed by atoms with E-state index in [9.17, 15) is 4.79 Å². The highest BCUT2D eigenvalue weighted by Gasteiger charge is 1.90. The Hall–Kier alpha value is -1.51. The molecule has 1 rings (SSSR count). The van der Waals surface area contributed by atoms with Crippen LogP contribution in [0, 0.1) is 0 Å². The van der Waals surface area contributed by atoms with Crippen LogP contribution in [0.5, 0.6) is 0 Å². The van der Waals surface area contributed by atoms with Crippen LogP contribution in [0.25, 0.3) is 6.08 Å². The molecule has 2 N–H and O–H groups in total. The molecule has 1 amide bonds. The number of aromatic nitrogens is 1. The average Bonchev–Trinajstić information content (AvgIpc) is 2.31. The summed E-state index contributed by atoms with van der Waals surface area (Å²) in [6, 6.07) is 3.81. The van der Waals surface area contributed by atoms with Crippen LogP contribution in [0.15, 0.2) is 24.4 Å². The molecule has 3 heteroatoms. The van der Waals surface area contributed by atoms with Gasteiger partial charge in [-0.1, -0.05) is 0 Å². The molecule has 0 aliphatic heterocycles. The number of carbonyl (C=O) groups is 1. The second kappa shape index (κ2) is 3.05. The number of rotatable bonds is 2. The Morgan fingerprint density at radius 2 is 2.45 bits per heavy atom. The van der Waals surface area contributed by atoms with Gasteiger partial charge in [0.15, 0.2) is 0 Å². The Labute approximate surface area is 65.1 Å². The summed E-state index contributed by atoms with van der Waals surface area (Å²) < 4.78 is 1.90. The molecule has 1 heterocycles. The smallest absolute Gasteiger partial charge is 0.241 e. The third-order valence-electron chi connectivity index (χ3n) is 1.40. The third-order valence-corrected chi connectivity index (χ3v) is 1.40. The number of hydrogen-bond donors (Lipinski definition) is 1. The van der Waals surface area contributed by atoms with Crippen LogP contribution < -0.4 is 5.73 Å². The van der Waals surface area contributed by atoms with Gasteiger partial charge in [-0.15, -0.1) is 0 Å². The highest BCUT2D eigenvalue weighted by molar-refractivity contribution is 5.89. The van der Waals surface area contributed by atoms with Crippen molar-refractivity contribution in [2.75, 3.05) is 0 Å². The predicted octanol–water partition coefficient (Wildman–Crippen LogP) is 0.524. The van der Waals surface area contributed by atoms with E-state index in [2.05, 4.69) is 0 Å². The van der Waals surface area contributed by atoms with Crippen LogP contribution in [0.4, 0.5) is 0 Å². The Morgan fingerprint density at radius 3 is 2.91 bits per heavy atom. The second-order valence-electron chi connectivity index (χ2n) is 2.28. The van der Waals surface area contributed by atoms with Crippen molar-refractivity contribution < 1.29 is 4.79 Å². The molecule has 0 aliphatic rings. The maximum Gasteiger partial charge on any atom is 0.241 e. The van der Waals surface area contributed by atoms with Crippen molar-refractivity contribution >= 4 is 12.0 Å². The van der Waals surface area contributed by atoms with Crippen molar-refractivity contribution in [1.82, 2.24) is 4.57 Å². The zero-order valence-electron chi connectivity index (χ0n) is 6.32. The predicted molar refractivity (Wildman–Crippen MR) is 43.6 cm³/mol. The minimum atomic E-state index is -0.425. The van der Waals surface area contributed by atoms with Crippen molar-refractivity contribution in [3.63, 3.8) is 0 Å². The van der Waals surface area contributed by atoms with E-state index in [-0.39, 0.29) is 0 Å². The quantitative estimate of drug-likeness (QED) is 0.614. The number of carbonyl (C=O) groups excluding carboxylic acids is 1. The van der Waals surface area contributed by atoms with Crippen molar-refractivity contribution in [3.8, 4) is 0 Å². The first kappa shape index (κ1) is 7.60. The number of primary amides is 1. The van der Waals surface area contributed by atoms with Gasteiger partial charge in [-0.05, 0) is 18.2 Å². The standard InChI is InChI=1S/C8H10N2O/c1-10-6-2-3-7(10)4-5-8(9)11/h2-6H,1H3,(H2,9,11). The van der Waals surface area contributed by atoms with Gasteiger partial charge in [0.05, 0.1) is 0 Å². The molecule has 0 aromatic carbocycles. The van der Waals surface area contributed by atoms with E-state index in [1.165, 1.54) is 6.08 Å². The second-order valence-corrected chi connectivity index (χ2v) is 2.28. The Bertz CT molecular complexity index is 286. The molecule has 0 unspecified atom stereocenters. The van der Waals surface area contributed by atoms with Gasteiger partial charge >= 0.3 is 0 Å². The molecule has 0 bridgehead atoms. The summed E-state index contributed by atoms with van der Waals surface area (Å²) >= 11 is 0. The Morgan fingerprint density at radius 1 is 1.73 bits per heavy atom.